The van der Waals surface area contributed by atoms with Crippen molar-refractivity contribution in [1.82, 2.24) is 9.78 Å². The van der Waals surface area contributed by atoms with Gasteiger partial charge in [-0.25, -0.2) is 4.68 Å². The molecule has 1 heterocycles. The summed E-state index contributed by atoms with van der Waals surface area (Å²) in [6.45, 7) is 1.74. The first-order valence-corrected chi connectivity index (χ1v) is 6.03. The van der Waals surface area contributed by atoms with Crippen molar-refractivity contribution in [3.8, 4) is 0 Å². The van der Waals surface area contributed by atoms with Gasteiger partial charge in [0.15, 0.2) is 0 Å². The first-order chi connectivity index (χ1) is 8.87. The van der Waals surface area contributed by atoms with E-state index in [4.69, 9.17) is 0 Å². The van der Waals surface area contributed by atoms with Gasteiger partial charge < -0.3 is 10.4 Å². The van der Waals surface area contributed by atoms with Crippen LogP contribution in [0, 0.1) is 22.5 Å². The predicted molar refractivity (Wildman–Crippen MR) is 67.0 cm³/mol. The van der Waals surface area contributed by atoms with E-state index >= 15 is 0 Å². The number of carboxylic acids is 1. The van der Waals surface area contributed by atoms with Crippen LogP contribution in [-0.4, -0.2) is 32.3 Å². The Morgan fingerprint density at radius 1 is 1.63 bits per heavy atom. The summed E-state index contributed by atoms with van der Waals surface area (Å²) >= 11 is 0. The van der Waals surface area contributed by atoms with Crippen LogP contribution < -0.4 is 5.32 Å². The summed E-state index contributed by atoms with van der Waals surface area (Å²) in [5.74, 6) is -0.595. The van der Waals surface area contributed by atoms with Crippen molar-refractivity contribution in [3.63, 3.8) is 0 Å². The fourth-order valence-electron chi connectivity index (χ4n) is 2.39. The summed E-state index contributed by atoms with van der Waals surface area (Å²) in [6.07, 6.45) is 2.07. The number of aromatic nitrogens is 2. The van der Waals surface area contributed by atoms with Gasteiger partial charge in [0.1, 0.15) is 5.69 Å². The van der Waals surface area contributed by atoms with Crippen LogP contribution in [0.25, 0.3) is 0 Å². The second kappa shape index (κ2) is 4.52. The Hall–Kier alpha value is -2.12. The number of nitrogens with zero attached hydrogens (tertiary/aromatic N) is 3. The maximum atomic E-state index is 11.2. The van der Waals surface area contributed by atoms with Crippen LogP contribution in [-0.2, 0) is 11.8 Å². The molecular weight excluding hydrogens is 252 g/mol. The molecule has 0 radical (unpaired) electrons. The molecule has 1 aromatic rings. The lowest BCUT2D eigenvalue weighted by Gasteiger charge is -2.37. The number of anilines is 1. The largest absolute Gasteiger partial charge is 0.481 e. The number of carboxylic acid groups (broad SMARTS) is 1. The highest BCUT2D eigenvalue weighted by Gasteiger charge is 2.44. The zero-order chi connectivity index (χ0) is 14.2. The fraction of sp³-hybridized carbons (Fsp3) is 0.636. The highest BCUT2D eigenvalue weighted by molar-refractivity contribution is 5.77. The Morgan fingerprint density at radius 2 is 2.26 bits per heavy atom. The molecule has 8 heteroatoms. The number of nitro groups is 1. The van der Waals surface area contributed by atoms with E-state index in [1.807, 2.05) is 0 Å². The van der Waals surface area contributed by atoms with Crippen molar-refractivity contribution in [2.45, 2.75) is 26.2 Å². The molecule has 2 N–H and O–H groups in total. The summed E-state index contributed by atoms with van der Waals surface area (Å²) in [5, 5.41) is 27.1. The molecule has 19 heavy (non-hydrogen) atoms. The number of aryl methyl sites for hydroxylation is 2. The molecule has 0 saturated heterocycles. The molecule has 0 aliphatic heterocycles. The lowest BCUT2D eigenvalue weighted by atomic mass is 9.69. The number of aliphatic carboxylic acids is 1. The van der Waals surface area contributed by atoms with Gasteiger partial charge in [-0.1, -0.05) is 6.42 Å². The third kappa shape index (κ3) is 2.13. The van der Waals surface area contributed by atoms with Crippen LogP contribution in [0.15, 0.2) is 0 Å². The average molecular weight is 268 g/mol. The lowest BCUT2D eigenvalue weighted by Crippen LogP contribution is -2.43. The van der Waals surface area contributed by atoms with Crippen molar-refractivity contribution in [3.05, 3.63) is 15.8 Å². The van der Waals surface area contributed by atoms with Crippen LogP contribution in [0.3, 0.4) is 0 Å². The van der Waals surface area contributed by atoms with Gasteiger partial charge in [0.05, 0.1) is 10.3 Å². The molecule has 1 fully saturated rings. The van der Waals surface area contributed by atoms with Gasteiger partial charge in [-0.3, -0.25) is 14.9 Å². The first kappa shape index (κ1) is 13.3. The van der Waals surface area contributed by atoms with Gasteiger partial charge in [-0.15, -0.1) is 0 Å². The molecule has 1 saturated carbocycles. The van der Waals surface area contributed by atoms with Crippen molar-refractivity contribution < 1.29 is 14.8 Å². The van der Waals surface area contributed by atoms with Gasteiger partial charge in [-0.2, -0.15) is 5.10 Å². The summed E-state index contributed by atoms with van der Waals surface area (Å²) in [5.41, 5.74) is -0.582. The average Bonchev–Trinajstić information content (AvgIpc) is 2.51. The van der Waals surface area contributed by atoms with Gasteiger partial charge in [0.25, 0.3) is 0 Å². The summed E-state index contributed by atoms with van der Waals surface area (Å²) in [7, 11) is 1.59. The normalized spacial score (nSPS) is 16.7. The third-order valence-corrected chi connectivity index (χ3v) is 3.73. The highest BCUT2D eigenvalue weighted by Crippen LogP contribution is 2.41. The van der Waals surface area contributed by atoms with E-state index in [1.165, 1.54) is 4.68 Å². The molecule has 0 spiro atoms. The third-order valence-electron chi connectivity index (χ3n) is 3.73. The Kier molecular flexibility index (Phi) is 3.17. The zero-order valence-electron chi connectivity index (χ0n) is 10.8. The predicted octanol–water partition coefficient (Wildman–Crippen LogP) is 1.30. The van der Waals surface area contributed by atoms with E-state index in [0.717, 1.165) is 6.42 Å². The fourth-order valence-corrected chi connectivity index (χ4v) is 2.39. The van der Waals surface area contributed by atoms with Crippen molar-refractivity contribution in [2.24, 2.45) is 12.5 Å². The second-order valence-electron chi connectivity index (χ2n) is 4.96. The molecule has 1 aliphatic carbocycles. The Labute approximate surface area is 109 Å². The highest BCUT2D eigenvalue weighted by atomic mass is 16.6. The van der Waals surface area contributed by atoms with Gasteiger partial charge in [0.2, 0.25) is 5.82 Å². The monoisotopic (exact) mass is 268 g/mol. The molecule has 0 bridgehead atoms. The van der Waals surface area contributed by atoms with E-state index < -0.39 is 16.3 Å². The van der Waals surface area contributed by atoms with Crippen LogP contribution in [0.1, 0.15) is 25.0 Å². The smallest absolute Gasteiger partial charge is 0.333 e. The minimum absolute atomic E-state index is 0.0950. The molecule has 0 aromatic carbocycles. The van der Waals surface area contributed by atoms with Crippen LogP contribution in [0.5, 0.6) is 0 Å². The van der Waals surface area contributed by atoms with Crippen molar-refractivity contribution in [2.75, 3.05) is 11.9 Å². The van der Waals surface area contributed by atoms with Crippen molar-refractivity contribution >= 4 is 17.5 Å². The Morgan fingerprint density at radius 3 is 2.68 bits per heavy atom. The topological polar surface area (TPSA) is 110 Å². The molecule has 2 rings (SSSR count). The van der Waals surface area contributed by atoms with E-state index in [1.54, 1.807) is 14.0 Å². The number of hydrogen-bond acceptors (Lipinski definition) is 5. The lowest BCUT2D eigenvalue weighted by molar-refractivity contribution is -0.384. The van der Waals surface area contributed by atoms with E-state index in [9.17, 15) is 20.0 Å². The quantitative estimate of drug-likeness (QED) is 0.615. The van der Waals surface area contributed by atoms with Gasteiger partial charge in [0, 0.05) is 13.6 Å². The van der Waals surface area contributed by atoms with Crippen molar-refractivity contribution in [1.29, 1.82) is 0 Å². The molecule has 1 aliphatic rings. The van der Waals surface area contributed by atoms with Gasteiger partial charge >= 0.3 is 11.7 Å². The number of carbonyl (C=O) groups is 1. The molecule has 0 amide bonds. The number of rotatable bonds is 5. The number of nitrogens with one attached hydrogen (secondary N) is 1. The Balaban J connectivity index is 2.20. The first-order valence-electron chi connectivity index (χ1n) is 6.03. The van der Waals surface area contributed by atoms with Crippen LogP contribution in [0.4, 0.5) is 11.5 Å². The van der Waals surface area contributed by atoms with E-state index in [-0.39, 0.29) is 18.1 Å². The molecule has 0 atom stereocenters. The summed E-state index contributed by atoms with van der Waals surface area (Å²) < 4.78 is 1.38. The molecule has 1 aromatic heterocycles. The van der Waals surface area contributed by atoms with Gasteiger partial charge in [-0.05, 0) is 19.8 Å². The second-order valence-corrected chi connectivity index (χ2v) is 4.96. The van der Waals surface area contributed by atoms with Crippen LogP contribution in [0.2, 0.25) is 0 Å². The summed E-state index contributed by atoms with van der Waals surface area (Å²) in [6, 6.07) is 0. The zero-order valence-corrected chi connectivity index (χ0v) is 10.8. The molecular formula is C11H16N4O4. The minimum Gasteiger partial charge on any atom is -0.481 e. The minimum atomic E-state index is -0.854. The standard InChI is InChI=1S/C11H16N4O4/c1-7-8(15(18)19)9(14(2)13-7)12-6-11(10(16)17)4-3-5-11/h12H,3-6H2,1-2H3,(H,16,17). The SMILES string of the molecule is Cc1nn(C)c(NCC2(C(=O)O)CCC2)c1[N+](=O)[O-]. The Bertz CT molecular complexity index is 533. The van der Waals surface area contributed by atoms with E-state index in [0.29, 0.717) is 18.5 Å². The molecule has 104 valence electrons. The summed E-state index contributed by atoms with van der Waals surface area (Å²) in [4.78, 5) is 21.7. The molecule has 8 nitrogen and oxygen atoms in total. The van der Waals surface area contributed by atoms with E-state index in [2.05, 4.69) is 10.4 Å². The maximum Gasteiger partial charge on any atom is 0.333 e. The maximum absolute atomic E-state index is 11.2. The van der Waals surface area contributed by atoms with Crippen LogP contribution >= 0.6 is 0 Å². The number of hydrogen-bond donors (Lipinski definition) is 2. The molecule has 0 unspecified atom stereocenters.